The summed E-state index contributed by atoms with van der Waals surface area (Å²) in [5.74, 6) is 1.33. The second-order valence-corrected chi connectivity index (χ2v) is 10.0. The summed E-state index contributed by atoms with van der Waals surface area (Å²) in [6.45, 7) is 0.431. The van der Waals surface area contributed by atoms with Gasteiger partial charge in [0.2, 0.25) is 0 Å². The number of para-hydroxylation sites is 2. The van der Waals surface area contributed by atoms with Crippen LogP contribution >= 0.6 is 35.3 Å². The third kappa shape index (κ3) is 4.42. The molecule has 0 amide bonds. The predicted octanol–water partition coefficient (Wildman–Crippen LogP) is 5.72. The van der Waals surface area contributed by atoms with Crippen molar-refractivity contribution in [2.75, 3.05) is 7.11 Å². The Morgan fingerprint density at radius 2 is 1.74 bits per heavy atom. The van der Waals surface area contributed by atoms with Gasteiger partial charge in [0.25, 0.3) is 5.56 Å². The Hall–Kier alpha value is -3.27. The quantitative estimate of drug-likeness (QED) is 0.160. The minimum atomic E-state index is -0.101. The van der Waals surface area contributed by atoms with Gasteiger partial charge in [0.1, 0.15) is 10.4 Å². The fourth-order valence-electron chi connectivity index (χ4n) is 3.64. The van der Waals surface area contributed by atoms with Gasteiger partial charge in [-0.25, -0.2) is 4.98 Å². The normalized spacial score (nSPS) is 11.1. The molecule has 3 aromatic heterocycles. The lowest BCUT2D eigenvalue weighted by molar-refractivity contribution is 0.413. The topological polar surface area (TPSA) is 61.9 Å². The lowest BCUT2D eigenvalue weighted by Gasteiger charge is -2.14. The van der Waals surface area contributed by atoms with Crippen molar-refractivity contribution >= 4 is 45.7 Å². The smallest absolute Gasteiger partial charge is 0.274 e. The van der Waals surface area contributed by atoms with E-state index in [4.69, 9.17) is 21.9 Å². The van der Waals surface area contributed by atoms with Gasteiger partial charge in [-0.15, -0.1) is 0 Å². The van der Waals surface area contributed by atoms with Crippen LogP contribution in [0, 0.1) is 3.95 Å². The molecule has 0 N–H and O–H groups in total. The molecule has 2 aromatic carbocycles. The molecule has 0 fully saturated rings. The van der Waals surface area contributed by atoms with E-state index in [1.165, 1.54) is 23.1 Å². The van der Waals surface area contributed by atoms with Crippen LogP contribution in [-0.4, -0.2) is 26.2 Å². The maximum absolute atomic E-state index is 13.7. The van der Waals surface area contributed by atoms with Gasteiger partial charge in [-0.3, -0.25) is 18.9 Å². The van der Waals surface area contributed by atoms with Crippen molar-refractivity contribution < 1.29 is 4.74 Å². The van der Waals surface area contributed by atoms with E-state index in [0.717, 1.165) is 16.8 Å². The van der Waals surface area contributed by atoms with Gasteiger partial charge < -0.3 is 4.74 Å². The van der Waals surface area contributed by atoms with E-state index in [2.05, 4.69) is 4.98 Å². The Morgan fingerprint density at radius 3 is 2.50 bits per heavy atom. The van der Waals surface area contributed by atoms with Gasteiger partial charge in [-0.2, -0.15) is 0 Å². The van der Waals surface area contributed by atoms with Crippen molar-refractivity contribution in [3.8, 4) is 11.4 Å². The van der Waals surface area contributed by atoms with Gasteiger partial charge in [-0.1, -0.05) is 65.6 Å². The summed E-state index contributed by atoms with van der Waals surface area (Å²) in [5, 5.41) is 0.634. The Bertz CT molecular complexity index is 1560. The molecule has 5 rings (SSSR count). The fourth-order valence-corrected chi connectivity index (χ4v) is 5.89. The van der Waals surface area contributed by atoms with Gasteiger partial charge in [0.05, 0.1) is 19.3 Å². The van der Waals surface area contributed by atoms with Gasteiger partial charge in [0.15, 0.2) is 14.8 Å². The van der Waals surface area contributed by atoms with Crippen LogP contribution in [0.15, 0.2) is 89.1 Å². The number of pyridine rings is 1. The van der Waals surface area contributed by atoms with Crippen molar-refractivity contribution in [1.29, 1.82) is 0 Å². The Balaban J connectivity index is 1.69. The maximum Gasteiger partial charge on any atom is 0.274 e. The summed E-state index contributed by atoms with van der Waals surface area (Å²) < 4.78 is 10.2. The average Bonchev–Trinajstić information content (AvgIpc) is 3.21. The third-order valence-corrected chi connectivity index (χ3v) is 7.68. The van der Waals surface area contributed by atoms with E-state index in [0.29, 0.717) is 37.5 Å². The molecule has 0 saturated carbocycles. The van der Waals surface area contributed by atoms with Crippen LogP contribution < -0.4 is 10.3 Å². The lowest BCUT2D eigenvalue weighted by Crippen LogP contribution is -2.23. The number of benzene rings is 2. The Kier molecular flexibility index (Phi) is 6.57. The maximum atomic E-state index is 13.7. The molecule has 0 aliphatic rings. The van der Waals surface area contributed by atoms with Crippen LogP contribution in [-0.2, 0) is 12.3 Å². The van der Waals surface area contributed by atoms with Crippen molar-refractivity contribution in [2.45, 2.75) is 17.5 Å². The number of ether oxygens (including phenoxy) is 1. The monoisotopic (exact) mass is 504 g/mol. The molecular formula is C25H20N4O2S3. The van der Waals surface area contributed by atoms with Crippen molar-refractivity contribution in [2.24, 2.45) is 0 Å². The molecule has 34 heavy (non-hydrogen) atoms. The average molecular weight is 505 g/mol. The standard InChI is InChI=1S/C25H20N4O2S3/c1-31-20-10-6-5-9-19(20)29-22-21(34-25(29)32)23(30)28(15-17-7-3-2-4-8-17)24(27-22)33-16-18-11-13-26-14-12-18/h2-14H,15-16H2,1H3. The number of hydrogen-bond donors (Lipinski definition) is 0. The first kappa shape index (κ1) is 22.5. The van der Waals surface area contributed by atoms with Crippen LogP contribution in [0.4, 0.5) is 0 Å². The Morgan fingerprint density at radius 1 is 1.00 bits per heavy atom. The highest BCUT2D eigenvalue weighted by Crippen LogP contribution is 2.31. The molecule has 0 atom stereocenters. The van der Waals surface area contributed by atoms with Crippen LogP contribution in [0.1, 0.15) is 11.1 Å². The molecule has 0 unspecified atom stereocenters. The molecule has 0 saturated heterocycles. The minimum absolute atomic E-state index is 0.101. The highest BCUT2D eigenvalue weighted by atomic mass is 32.2. The second kappa shape index (κ2) is 9.92. The number of thiazole rings is 1. The number of methoxy groups -OCH3 is 1. The second-order valence-electron chi connectivity index (χ2n) is 7.44. The van der Waals surface area contributed by atoms with Crippen LogP contribution in [0.2, 0.25) is 0 Å². The van der Waals surface area contributed by atoms with Crippen molar-refractivity contribution in [1.82, 2.24) is 19.1 Å². The van der Waals surface area contributed by atoms with E-state index in [1.807, 2.05) is 71.3 Å². The minimum Gasteiger partial charge on any atom is -0.495 e. The summed E-state index contributed by atoms with van der Waals surface area (Å²) >= 11 is 8.48. The van der Waals surface area contributed by atoms with E-state index in [-0.39, 0.29) is 5.56 Å². The molecule has 0 aliphatic carbocycles. The molecule has 0 spiro atoms. The van der Waals surface area contributed by atoms with Crippen molar-refractivity contribution in [3.05, 3.63) is 105 Å². The molecule has 170 valence electrons. The number of nitrogens with zero attached hydrogens (tertiary/aromatic N) is 4. The largest absolute Gasteiger partial charge is 0.495 e. The molecule has 3 heterocycles. The number of hydrogen-bond acceptors (Lipinski definition) is 7. The number of fused-ring (bicyclic) bond motifs is 1. The molecular weight excluding hydrogens is 485 g/mol. The number of thioether (sulfide) groups is 1. The first-order valence-corrected chi connectivity index (χ1v) is 12.7. The summed E-state index contributed by atoms with van der Waals surface area (Å²) in [7, 11) is 1.62. The third-order valence-electron chi connectivity index (χ3n) is 5.29. The zero-order valence-electron chi connectivity index (χ0n) is 18.2. The number of rotatable bonds is 7. The van der Waals surface area contributed by atoms with Gasteiger partial charge in [-0.05, 0) is 47.6 Å². The first-order valence-electron chi connectivity index (χ1n) is 10.5. The zero-order chi connectivity index (χ0) is 23.5. The molecule has 6 nitrogen and oxygen atoms in total. The molecule has 0 aliphatic heterocycles. The summed E-state index contributed by atoms with van der Waals surface area (Å²) in [4.78, 5) is 22.8. The van der Waals surface area contributed by atoms with Gasteiger partial charge >= 0.3 is 0 Å². The zero-order valence-corrected chi connectivity index (χ0v) is 20.7. The predicted molar refractivity (Wildman–Crippen MR) is 140 cm³/mol. The van der Waals surface area contributed by atoms with E-state index < -0.39 is 0 Å². The van der Waals surface area contributed by atoms with Crippen LogP contribution in [0.5, 0.6) is 5.75 Å². The highest BCUT2D eigenvalue weighted by Gasteiger charge is 2.19. The molecule has 0 bridgehead atoms. The SMILES string of the molecule is COc1ccccc1-n1c(=S)sc2c(=O)n(Cc3ccccc3)c(SCc3ccncc3)nc21. The summed E-state index contributed by atoms with van der Waals surface area (Å²) in [5.41, 5.74) is 3.35. The van der Waals surface area contributed by atoms with Crippen LogP contribution in [0.3, 0.4) is 0 Å². The van der Waals surface area contributed by atoms with Crippen LogP contribution in [0.25, 0.3) is 16.0 Å². The Labute approximate surface area is 209 Å². The molecule has 0 radical (unpaired) electrons. The summed E-state index contributed by atoms with van der Waals surface area (Å²) in [6.07, 6.45) is 3.53. The molecule has 5 aromatic rings. The highest BCUT2D eigenvalue weighted by molar-refractivity contribution is 7.98. The first-order chi connectivity index (χ1) is 16.7. The van der Waals surface area contributed by atoms with Gasteiger partial charge in [0, 0.05) is 18.1 Å². The van der Waals surface area contributed by atoms with E-state index in [9.17, 15) is 4.79 Å². The van der Waals surface area contributed by atoms with E-state index >= 15 is 0 Å². The molecule has 9 heteroatoms. The fraction of sp³-hybridized carbons (Fsp3) is 0.120. The summed E-state index contributed by atoms with van der Waals surface area (Å²) in [6, 6.07) is 21.5. The number of aromatic nitrogens is 4. The lowest BCUT2D eigenvalue weighted by atomic mass is 10.2. The van der Waals surface area contributed by atoms with E-state index in [1.54, 1.807) is 24.1 Å². The van der Waals surface area contributed by atoms with Crippen molar-refractivity contribution in [3.63, 3.8) is 0 Å².